The van der Waals surface area contributed by atoms with Crippen LogP contribution in [-0.2, 0) is 30.6 Å². The van der Waals surface area contributed by atoms with Gasteiger partial charge in [-0.3, -0.25) is 9.59 Å². The molecule has 8 heteroatoms. The molecule has 1 heterocycles. The van der Waals surface area contributed by atoms with Gasteiger partial charge in [0, 0.05) is 6.54 Å². The third-order valence-electron chi connectivity index (χ3n) is 7.74. The molecule has 2 aromatic rings. The Kier molecular flexibility index (Phi) is 8.45. The molecule has 4 rings (SSSR count). The van der Waals surface area contributed by atoms with Crippen LogP contribution in [0.15, 0.2) is 54.6 Å². The smallest absolute Gasteiger partial charge is 0.308 e. The van der Waals surface area contributed by atoms with Gasteiger partial charge in [0.2, 0.25) is 5.91 Å². The third-order valence-corrected chi connectivity index (χ3v) is 10.5. The van der Waals surface area contributed by atoms with Crippen LogP contribution < -0.4 is 4.74 Å². The highest BCUT2D eigenvalue weighted by Crippen LogP contribution is 2.47. The van der Waals surface area contributed by atoms with Crippen molar-refractivity contribution < 1.29 is 27.5 Å². The number of rotatable bonds is 8. The van der Waals surface area contributed by atoms with Crippen molar-refractivity contribution in [1.82, 2.24) is 4.90 Å². The summed E-state index contributed by atoms with van der Waals surface area (Å²) in [5, 5.41) is -1.43. The highest BCUT2D eigenvalue weighted by atomic mass is 32.2. The predicted molar refractivity (Wildman–Crippen MR) is 151 cm³/mol. The Morgan fingerprint density at radius 3 is 2.21 bits per heavy atom. The SMILES string of the molecule is CC(C)c1ccc(OC2CCC3(CC2)N(CCc2ccccc2)C(=O)C(CC(=O)OC(C)(C)C)S3(=O)=O)cc1. The van der Waals surface area contributed by atoms with Gasteiger partial charge in [-0.15, -0.1) is 0 Å². The van der Waals surface area contributed by atoms with Crippen molar-refractivity contribution >= 4 is 21.7 Å². The second kappa shape index (κ2) is 11.3. The number of sulfone groups is 1. The third kappa shape index (κ3) is 6.32. The standard InChI is InChI=1S/C31H41NO6S/c1-22(2)24-11-13-25(14-12-24)37-26-15-18-31(19-16-26)32(20-17-23-9-7-6-8-10-23)29(34)27(39(31,35)36)21-28(33)38-30(3,4)5/h6-14,22,26-27H,15-21H2,1-5H3. The van der Waals surface area contributed by atoms with Crippen molar-refractivity contribution in [2.75, 3.05) is 6.54 Å². The van der Waals surface area contributed by atoms with E-state index in [-0.39, 0.29) is 25.5 Å². The average molecular weight is 556 g/mol. The normalized spacial score (nSPS) is 24.8. The van der Waals surface area contributed by atoms with Crippen LogP contribution >= 0.6 is 0 Å². The molecule has 0 radical (unpaired) electrons. The van der Waals surface area contributed by atoms with Crippen molar-refractivity contribution in [2.45, 2.75) is 101 Å². The molecule has 39 heavy (non-hydrogen) atoms. The zero-order valence-electron chi connectivity index (χ0n) is 23.7. The molecule has 1 unspecified atom stereocenters. The minimum Gasteiger partial charge on any atom is -0.490 e. The first-order valence-electron chi connectivity index (χ1n) is 13.9. The van der Waals surface area contributed by atoms with Crippen molar-refractivity contribution in [2.24, 2.45) is 0 Å². The van der Waals surface area contributed by atoms with Crippen LogP contribution in [-0.4, -0.2) is 53.6 Å². The number of esters is 1. The Morgan fingerprint density at radius 2 is 1.64 bits per heavy atom. The van der Waals surface area contributed by atoms with E-state index in [4.69, 9.17) is 9.47 Å². The van der Waals surface area contributed by atoms with E-state index in [9.17, 15) is 18.0 Å². The summed E-state index contributed by atoms with van der Waals surface area (Å²) in [6.45, 7) is 9.72. The topological polar surface area (TPSA) is 90.0 Å². The van der Waals surface area contributed by atoms with Gasteiger partial charge in [0.1, 0.15) is 16.2 Å². The average Bonchev–Trinajstić information content (AvgIpc) is 3.01. The van der Waals surface area contributed by atoms with Gasteiger partial charge in [0.05, 0.1) is 12.5 Å². The van der Waals surface area contributed by atoms with Gasteiger partial charge in [-0.25, -0.2) is 8.42 Å². The fraction of sp³-hybridized carbons (Fsp3) is 0.548. The van der Waals surface area contributed by atoms with Gasteiger partial charge >= 0.3 is 5.97 Å². The van der Waals surface area contributed by atoms with Crippen LogP contribution in [0.1, 0.15) is 83.8 Å². The summed E-state index contributed by atoms with van der Waals surface area (Å²) >= 11 is 0. The minimum atomic E-state index is -4.00. The van der Waals surface area contributed by atoms with Gasteiger partial charge in [-0.1, -0.05) is 56.3 Å². The Balaban J connectivity index is 1.54. The summed E-state index contributed by atoms with van der Waals surface area (Å²) < 4.78 is 39.7. The fourth-order valence-electron chi connectivity index (χ4n) is 5.70. The van der Waals surface area contributed by atoms with E-state index in [1.165, 1.54) is 10.5 Å². The molecule has 0 aromatic heterocycles. The second-order valence-electron chi connectivity index (χ2n) is 12.0. The van der Waals surface area contributed by atoms with Crippen LogP contribution in [0.2, 0.25) is 0 Å². The Hall–Kier alpha value is -2.87. The van der Waals surface area contributed by atoms with E-state index in [0.29, 0.717) is 25.2 Å². The van der Waals surface area contributed by atoms with Crippen molar-refractivity contribution in [3.05, 3.63) is 65.7 Å². The van der Waals surface area contributed by atoms with E-state index < -0.39 is 43.9 Å². The molecule has 1 aliphatic heterocycles. The molecule has 1 spiro atoms. The summed E-state index contributed by atoms with van der Waals surface area (Å²) in [7, 11) is -4.00. The number of ether oxygens (including phenoxy) is 2. The molecule has 1 atom stereocenters. The number of hydrogen-bond donors (Lipinski definition) is 0. The monoisotopic (exact) mass is 555 g/mol. The number of nitrogens with zero attached hydrogens (tertiary/aromatic N) is 1. The molecule has 212 valence electrons. The van der Waals surface area contributed by atoms with Gasteiger partial charge in [0.25, 0.3) is 0 Å². The minimum absolute atomic E-state index is 0.147. The van der Waals surface area contributed by atoms with Crippen LogP contribution in [0.3, 0.4) is 0 Å². The Bertz CT molecular complexity index is 1260. The zero-order chi connectivity index (χ0) is 28.4. The largest absolute Gasteiger partial charge is 0.490 e. The van der Waals surface area contributed by atoms with E-state index in [2.05, 4.69) is 26.0 Å². The maximum Gasteiger partial charge on any atom is 0.308 e. The summed E-state index contributed by atoms with van der Waals surface area (Å²) in [5.41, 5.74) is 1.48. The molecule has 2 aliphatic rings. The van der Waals surface area contributed by atoms with Crippen LogP contribution in [0.4, 0.5) is 0 Å². The van der Waals surface area contributed by atoms with Crippen molar-refractivity contribution in [1.29, 1.82) is 0 Å². The van der Waals surface area contributed by atoms with E-state index >= 15 is 0 Å². The number of hydrogen-bond acceptors (Lipinski definition) is 6. The Labute approximate surface area is 232 Å². The van der Waals surface area contributed by atoms with Crippen molar-refractivity contribution in [3.63, 3.8) is 0 Å². The lowest BCUT2D eigenvalue weighted by molar-refractivity contribution is -0.156. The van der Waals surface area contributed by atoms with Gasteiger partial charge in [-0.05, 0) is 82.1 Å². The van der Waals surface area contributed by atoms with Gasteiger partial charge in [0.15, 0.2) is 15.1 Å². The van der Waals surface area contributed by atoms with Crippen LogP contribution in [0.5, 0.6) is 5.75 Å². The second-order valence-corrected chi connectivity index (χ2v) is 14.5. The number of carbonyl (C=O) groups is 2. The summed E-state index contributed by atoms with van der Waals surface area (Å²) in [6, 6.07) is 17.7. The number of amides is 1. The first-order chi connectivity index (χ1) is 18.3. The Morgan fingerprint density at radius 1 is 1.03 bits per heavy atom. The highest BCUT2D eigenvalue weighted by Gasteiger charge is 2.64. The zero-order valence-corrected chi connectivity index (χ0v) is 24.5. The molecule has 0 N–H and O–H groups in total. The van der Waals surface area contributed by atoms with E-state index in [0.717, 1.165) is 11.3 Å². The maximum atomic E-state index is 14.1. The molecule has 1 amide bonds. The summed E-state index contributed by atoms with van der Waals surface area (Å²) in [6.07, 6.45) is 1.46. The molecular formula is C31H41NO6S. The molecule has 1 saturated heterocycles. The molecule has 1 saturated carbocycles. The van der Waals surface area contributed by atoms with Crippen LogP contribution in [0, 0.1) is 0 Å². The van der Waals surface area contributed by atoms with E-state index in [1.54, 1.807) is 20.8 Å². The number of carbonyl (C=O) groups excluding carboxylic acids is 2. The van der Waals surface area contributed by atoms with E-state index in [1.807, 2.05) is 42.5 Å². The summed E-state index contributed by atoms with van der Waals surface area (Å²) in [4.78, 5) is 26.5. The van der Waals surface area contributed by atoms with Crippen LogP contribution in [0.25, 0.3) is 0 Å². The summed E-state index contributed by atoms with van der Waals surface area (Å²) in [5.74, 6) is 0.00964. The fourth-order valence-corrected chi connectivity index (χ4v) is 8.27. The molecule has 1 aliphatic carbocycles. The predicted octanol–water partition coefficient (Wildman–Crippen LogP) is 5.43. The lowest BCUT2D eigenvalue weighted by Crippen LogP contribution is -2.53. The maximum absolute atomic E-state index is 14.1. The quantitative estimate of drug-likeness (QED) is 0.404. The molecule has 2 aromatic carbocycles. The lowest BCUT2D eigenvalue weighted by Gasteiger charge is -2.42. The van der Waals surface area contributed by atoms with Crippen molar-refractivity contribution in [3.8, 4) is 5.75 Å². The van der Waals surface area contributed by atoms with Gasteiger partial charge < -0.3 is 14.4 Å². The molecule has 2 fully saturated rings. The molecule has 0 bridgehead atoms. The molecular weight excluding hydrogens is 514 g/mol. The first kappa shape index (κ1) is 29.1. The lowest BCUT2D eigenvalue weighted by atomic mass is 9.90. The highest BCUT2D eigenvalue weighted by molar-refractivity contribution is 7.94. The first-order valence-corrected chi connectivity index (χ1v) is 15.4. The number of benzene rings is 2. The molecule has 7 nitrogen and oxygen atoms in total. The van der Waals surface area contributed by atoms with Gasteiger partial charge in [-0.2, -0.15) is 0 Å².